The first-order valence-electron chi connectivity index (χ1n) is 6.93. The molecular weight excluding hydrogens is 218 g/mol. The van der Waals surface area contributed by atoms with Crippen molar-refractivity contribution in [3.63, 3.8) is 0 Å². The minimum Gasteiger partial charge on any atom is -0.167 e. The topological polar surface area (TPSA) is 3.88 Å². The summed E-state index contributed by atoms with van der Waals surface area (Å²) in [5.41, 5.74) is 4.23. The van der Waals surface area contributed by atoms with Crippen LogP contribution >= 0.6 is 0 Å². The summed E-state index contributed by atoms with van der Waals surface area (Å²) < 4.78 is 2.23. The highest BCUT2D eigenvalue weighted by Crippen LogP contribution is 2.12. The van der Waals surface area contributed by atoms with Crippen LogP contribution < -0.4 is 4.57 Å². The molecule has 0 unspecified atom stereocenters. The normalized spacial score (nSPS) is 10.6. The van der Waals surface area contributed by atoms with Gasteiger partial charge >= 0.3 is 0 Å². The van der Waals surface area contributed by atoms with E-state index >= 15 is 0 Å². The monoisotopic (exact) mass is 240 g/mol. The molecule has 0 saturated carbocycles. The molecule has 1 aromatic heterocycles. The lowest BCUT2D eigenvalue weighted by Gasteiger charge is -2.06. The number of benzene rings is 1. The third-order valence-corrected chi connectivity index (χ3v) is 3.24. The first-order chi connectivity index (χ1) is 8.85. The van der Waals surface area contributed by atoms with E-state index in [9.17, 15) is 0 Å². The third kappa shape index (κ3) is 2.98. The number of aryl methyl sites for hydroxylation is 2. The van der Waals surface area contributed by atoms with E-state index in [2.05, 4.69) is 67.2 Å². The number of nitrogens with zero attached hydrogens (tertiary/aromatic N) is 1. The number of rotatable bonds is 5. The maximum absolute atomic E-state index is 2.30. The lowest BCUT2D eigenvalue weighted by Crippen LogP contribution is -2.30. The molecule has 18 heavy (non-hydrogen) atoms. The molecule has 94 valence electrons. The second kappa shape index (κ2) is 6.34. The largest absolute Gasteiger partial charge is 0.210 e. The van der Waals surface area contributed by atoms with Crippen LogP contribution in [0.4, 0.5) is 0 Å². The van der Waals surface area contributed by atoms with Crippen molar-refractivity contribution in [3.05, 3.63) is 59.9 Å². The maximum atomic E-state index is 2.30. The Morgan fingerprint density at radius 2 is 1.50 bits per heavy atom. The molecule has 1 heteroatoms. The molecule has 0 aliphatic rings. The van der Waals surface area contributed by atoms with E-state index < -0.39 is 0 Å². The van der Waals surface area contributed by atoms with Gasteiger partial charge in [0.05, 0.1) is 0 Å². The minimum absolute atomic E-state index is 1.17. The summed E-state index contributed by atoms with van der Waals surface area (Å²) in [4.78, 5) is 0. The van der Waals surface area contributed by atoms with E-state index in [1.807, 2.05) is 0 Å². The summed E-state index contributed by atoms with van der Waals surface area (Å²) in [6.07, 6.45) is 9.25. The van der Waals surface area contributed by atoms with Gasteiger partial charge < -0.3 is 0 Å². The Morgan fingerprint density at radius 1 is 0.833 bits per heavy atom. The molecule has 0 N–H and O–H groups in total. The van der Waals surface area contributed by atoms with Crippen molar-refractivity contribution >= 4 is 0 Å². The summed E-state index contributed by atoms with van der Waals surface area (Å²) >= 11 is 0. The maximum Gasteiger partial charge on any atom is 0.210 e. The Bertz CT molecular complexity index is 488. The van der Waals surface area contributed by atoms with E-state index in [1.54, 1.807) is 0 Å². The fraction of sp³-hybridized carbons (Fsp3) is 0.353. The smallest absolute Gasteiger partial charge is 0.167 e. The summed E-state index contributed by atoms with van der Waals surface area (Å²) in [6, 6.07) is 12.8. The number of aromatic nitrogens is 1. The van der Waals surface area contributed by atoms with Gasteiger partial charge in [0.15, 0.2) is 12.4 Å². The molecule has 0 bridgehead atoms. The highest BCUT2D eigenvalue weighted by Gasteiger charge is 2.10. The molecular formula is C17H22N+. The number of pyridine rings is 1. The fourth-order valence-corrected chi connectivity index (χ4v) is 2.34. The third-order valence-electron chi connectivity index (χ3n) is 3.24. The Hall–Kier alpha value is -1.63. The Kier molecular flexibility index (Phi) is 4.52. The van der Waals surface area contributed by atoms with Gasteiger partial charge in [0.2, 0.25) is 5.69 Å². The molecule has 0 radical (unpaired) electrons. The van der Waals surface area contributed by atoms with Gasteiger partial charge in [-0.15, -0.1) is 0 Å². The second-order valence-electron chi connectivity index (χ2n) is 4.74. The van der Waals surface area contributed by atoms with Gasteiger partial charge in [0.1, 0.15) is 0 Å². The SMILES string of the molecule is CCCc1cc[n+](-c2ccccc2)cc1CCC. The van der Waals surface area contributed by atoms with E-state index in [0.29, 0.717) is 0 Å². The first-order valence-corrected chi connectivity index (χ1v) is 6.93. The Labute approximate surface area is 110 Å². The van der Waals surface area contributed by atoms with Crippen molar-refractivity contribution in [3.8, 4) is 5.69 Å². The van der Waals surface area contributed by atoms with Gasteiger partial charge in [-0.25, -0.2) is 0 Å². The minimum atomic E-state index is 1.17. The molecule has 1 aromatic carbocycles. The predicted molar refractivity (Wildman–Crippen MR) is 76.0 cm³/mol. The molecule has 0 saturated heterocycles. The summed E-state index contributed by atoms with van der Waals surface area (Å²) in [5, 5.41) is 0. The van der Waals surface area contributed by atoms with Gasteiger partial charge in [-0.2, -0.15) is 4.57 Å². The van der Waals surface area contributed by atoms with Crippen LogP contribution in [-0.2, 0) is 12.8 Å². The average molecular weight is 240 g/mol. The van der Waals surface area contributed by atoms with Crippen LogP contribution in [0.5, 0.6) is 0 Å². The zero-order valence-electron chi connectivity index (χ0n) is 11.4. The molecule has 0 fully saturated rings. The molecule has 0 atom stereocenters. The highest BCUT2D eigenvalue weighted by atomic mass is 14.9. The lowest BCUT2D eigenvalue weighted by atomic mass is 10.0. The molecule has 0 spiro atoms. The number of hydrogen-bond acceptors (Lipinski definition) is 0. The van der Waals surface area contributed by atoms with Crippen LogP contribution in [0.25, 0.3) is 5.69 Å². The summed E-state index contributed by atoms with van der Waals surface area (Å²) in [6.45, 7) is 4.49. The molecule has 0 aliphatic carbocycles. The Morgan fingerprint density at radius 3 is 2.17 bits per heavy atom. The van der Waals surface area contributed by atoms with Crippen LogP contribution in [0.15, 0.2) is 48.8 Å². The zero-order valence-corrected chi connectivity index (χ0v) is 11.4. The Balaban J connectivity index is 2.36. The van der Waals surface area contributed by atoms with Crippen LogP contribution in [0.3, 0.4) is 0 Å². The van der Waals surface area contributed by atoms with Gasteiger partial charge in [0.25, 0.3) is 0 Å². The van der Waals surface area contributed by atoms with Crippen LogP contribution in [0.1, 0.15) is 37.8 Å². The summed E-state index contributed by atoms with van der Waals surface area (Å²) in [5.74, 6) is 0. The van der Waals surface area contributed by atoms with Crippen molar-refractivity contribution in [2.75, 3.05) is 0 Å². The van der Waals surface area contributed by atoms with Gasteiger partial charge in [-0.3, -0.25) is 0 Å². The molecule has 2 rings (SSSR count). The van der Waals surface area contributed by atoms with Crippen LogP contribution in [0.2, 0.25) is 0 Å². The van der Waals surface area contributed by atoms with Crippen molar-refractivity contribution in [1.82, 2.24) is 0 Å². The molecule has 1 nitrogen and oxygen atoms in total. The molecule has 1 heterocycles. The van der Waals surface area contributed by atoms with Gasteiger partial charge in [-0.1, -0.05) is 44.9 Å². The van der Waals surface area contributed by atoms with E-state index in [0.717, 1.165) is 0 Å². The van der Waals surface area contributed by atoms with Crippen molar-refractivity contribution in [1.29, 1.82) is 0 Å². The van der Waals surface area contributed by atoms with E-state index in [4.69, 9.17) is 0 Å². The highest BCUT2D eigenvalue weighted by molar-refractivity contribution is 5.25. The van der Waals surface area contributed by atoms with Crippen molar-refractivity contribution < 1.29 is 4.57 Å². The van der Waals surface area contributed by atoms with Crippen LogP contribution in [-0.4, -0.2) is 0 Å². The molecule has 2 aromatic rings. The van der Waals surface area contributed by atoms with Crippen LogP contribution in [0, 0.1) is 0 Å². The fourth-order valence-electron chi connectivity index (χ4n) is 2.34. The number of para-hydroxylation sites is 1. The number of hydrogen-bond donors (Lipinski definition) is 0. The predicted octanol–water partition coefficient (Wildman–Crippen LogP) is 3.87. The average Bonchev–Trinajstić information content (AvgIpc) is 2.42. The van der Waals surface area contributed by atoms with Crippen molar-refractivity contribution in [2.24, 2.45) is 0 Å². The summed E-state index contributed by atoms with van der Waals surface area (Å²) in [7, 11) is 0. The van der Waals surface area contributed by atoms with Gasteiger partial charge in [0, 0.05) is 23.8 Å². The molecule has 0 amide bonds. The first kappa shape index (κ1) is 12.8. The zero-order chi connectivity index (χ0) is 12.8. The molecule has 0 aliphatic heterocycles. The standard InChI is InChI=1S/C17H22N/c1-3-8-15-12-13-18(14-16(15)9-4-2)17-10-6-5-7-11-17/h5-7,10-14H,3-4,8-9H2,1-2H3/q+1. The quantitative estimate of drug-likeness (QED) is 0.699. The second-order valence-corrected chi connectivity index (χ2v) is 4.74. The van der Waals surface area contributed by atoms with Gasteiger partial charge in [-0.05, 0) is 18.4 Å². The van der Waals surface area contributed by atoms with E-state index in [1.165, 1.54) is 42.5 Å². The van der Waals surface area contributed by atoms with E-state index in [-0.39, 0.29) is 0 Å². The van der Waals surface area contributed by atoms with Crippen molar-refractivity contribution in [2.45, 2.75) is 39.5 Å². The lowest BCUT2D eigenvalue weighted by molar-refractivity contribution is -0.596.